The highest BCUT2D eigenvalue weighted by Crippen LogP contribution is 2.15. The van der Waals surface area contributed by atoms with Gasteiger partial charge in [0.15, 0.2) is 0 Å². The molecule has 0 aromatic heterocycles. The predicted octanol–water partition coefficient (Wildman–Crippen LogP) is 5.33. The van der Waals surface area contributed by atoms with E-state index in [1.807, 2.05) is 0 Å². The van der Waals surface area contributed by atoms with E-state index >= 15 is 0 Å². The molecule has 0 aromatic carbocycles. The van der Waals surface area contributed by atoms with E-state index in [1.165, 1.54) is 202 Å². The molecule has 0 saturated heterocycles. The molecular formula is C36H78Br2N2. The van der Waals surface area contributed by atoms with Gasteiger partial charge in [-0.15, -0.1) is 0 Å². The average molecular weight is 699 g/mol. The molecule has 0 radical (unpaired) electrons. The molecule has 0 atom stereocenters. The SMILES string of the molecule is CCCCCCCCCCCCCCCCCCCC[N+](C)(C)CC[N+](C)(C)CCCCCCCCCC.[Br-].[Br-]. The first-order chi connectivity index (χ1) is 18.3. The third-order valence-corrected chi connectivity index (χ3v) is 9.04. The molecule has 0 aromatic rings. The molecule has 0 unspecified atom stereocenters. The van der Waals surface area contributed by atoms with Crippen LogP contribution in [0.2, 0.25) is 0 Å². The number of hydrogen-bond acceptors (Lipinski definition) is 0. The van der Waals surface area contributed by atoms with Crippen LogP contribution in [0.5, 0.6) is 0 Å². The number of rotatable bonds is 31. The third kappa shape index (κ3) is 35.1. The van der Waals surface area contributed by atoms with Crippen LogP contribution in [0.15, 0.2) is 0 Å². The predicted molar refractivity (Wildman–Crippen MR) is 175 cm³/mol. The summed E-state index contributed by atoms with van der Waals surface area (Å²) in [7, 11) is 9.84. The van der Waals surface area contributed by atoms with Gasteiger partial charge in [-0.25, -0.2) is 0 Å². The monoisotopic (exact) mass is 696 g/mol. The Bertz CT molecular complexity index is 468. The molecule has 0 aliphatic rings. The van der Waals surface area contributed by atoms with Crippen molar-refractivity contribution >= 4 is 0 Å². The lowest BCUT2D eigenvalue weighted by molar-refractivity contribution is -0.946. The molecule has 0 amide bonds. The fourth-order valence-electron chi connectivity index (χ4n) is 5.88. The second-order valence-corrected chi connectivity index (χ2v) is 14.3. The summed E-state index contributed by atoms with van der Waals surface area (Å²) in [5.74, 6) is 0. The Kier molecular flexibility index (Phi) is 37.1. The molecule has 40 heavy (non-hydrogen) atoms. The van der Waals surface area contributed by atoms with Crippen molar-refractivity contribution in [1.82, 2.24) is 0 Å². The van der Waals surface area contributed by atoms with Crippen LogP contribution in [0.4, 0.5) is 0 Å². The lowest BCUT2D eigenvalue weighted by Gasteiger charge is -2.36. The Hall–Kier alpha value is 0.880. The molecule has 0 heterocycles. The van der Waals surface area contributed by atoms with Gasteiger partial charge in [-0.3, -0.25) is 0 Å². The number of halogens is 2. The van der Waals surface area contributed by atoms with Gasteiger partial charge < -0.3 is 42.9 Å². The summed E-state index contributed by atoms with van der Waals surface area (Å²) >= 11 is 0. The van der Waals surface area contributed by atoms with E-state index in [4.69, 9.17) is 0 Å². The van der Waals surface area contributed by atoms with Crippen LogP contribution in [0.25, 0.3) is 0 Å². The highest BCUT2D eigenvalue weighted by molar-refractivity contribution is 4.51. The summed E-state index contributed by atoms with van der Waals surface area (Å²) in [6.07, 6.45) is 37.8. The molecule has 0 rings (SSSR count). The van der Waals surface area contributed by atoms with Gasteiger partial charge in [0.1, 0.15) is 13.1 Å². The van der Waals surface area contributed by atoms with E-state index in [0.717, 1.165) is 0 Å². The number of quaternary nitrogens is 2. The summed E-state index contributed by atoms with van der Waals surface area (Å²) in [6, 6.07) is 0. The van der Waals surface area contributed by atoms with E-state index in [1.54, 1.807) is 0 Å². The Balaban J connectivity index is -0.00000684. The second-order valence-electron chi connectivity index (χ2n) is 14.3. The van der Waals surface area contributed by atoms with Crippen LogP contribution in [0.3, 0.4) is 0 Å². The molecule has 2 nitrogen and oxygen atoms in total. The Morgan fingerprint density at radius 2 is 0.425 bits per heavy atom. The summed E-state index contributed by atoms with van der Waals surface area (Å²) in [5.41, 5.74) is 0. The third-order valence-electron chi connectivity index (χ3n) is 9.04. The standard InChI is InChI=1S/C36H78N2.2BrH/c1-7-9-11-13-15-17-18-19-20-21-22-23-24-25-26-28-30-32-34-38(5,6)36-35-37(3,4)33-31-29-27-16-14-12-10-8-2;;/h7-36H2,1-6H3;2*1H/q+2;;/p-2. The maximum Gasteiger partial charge on any atom is 0.128 e. The lowest BCUT2D eigenvalue weighted by Crippen LogP contribution is -3.00. The van der Waals surface area contributed by atoms with E-state index in [-0.39, 0.29) is 34.0 Å². The van der Waals surface area contributed by atoms with Crippen LogP contribution < -0.4 is 34.0 Å². The Morgan fingerprint density at radius 1 is 0.250 bits per heavy atom. The Labute approximate surface area is 276 Å². The molecule has 0 aliphatic carbocycles. The smallest absolute Gasteiger partial charge is 0.128 e. The fourth-order valence-corrected chi connectivity index (χ4v) is 5.88. The molecule has 0 bridgehead atoms. The second kappa shape index (κ2) is 32.8. The van der Waals surface area contributed by atoms with E-state index < -0.39 is 0 Å². The van der Waals surface area contributed by atoms with Crippen molar-refractivity contribution in [2.45, 2.75) is 181 Å². The summed E-state index contributed by atoms with van der Waals surface area (Å²) in [6.45, 7) is 9.97. The zero-order valence-corrected chi connectivity index (χ0v) is 32.0. The van der Waals surface area contributed by atoms with Crippen molar-refractivity contribution in [2.75, 3.05) is 54.4 Å². The van der Waals surface area contributed by atoms with Crippen molar-refractivity contribution in [3.63, 3.8) is 0 Å². The first-order valence-electron chi connectivity index (χ1n) is 18.0. The van der Waals surface area contributed by atoms with Crippen LogP contribution in [-0.2, 0) is 0 Å². The summed E-state index contributed by atoms with van der Waals surface area (Å²) in [5, 5.41) is 0. The van der Waals surface area contributed by atoms with Gasteiger partial charge in [-0.2, -0.15) is 0 Å². The van der Waals surface area contributed by atoms with E-state index in [2.05, 4.69) is 42.0 Å². The number of hydrogen-bond donors (Lipinski definition) is 0. The zero-order valence-electron chi connectivity index (χ0n) is 28.9. The van der Waals surface area contributed by atoms with Crippen LogP contribution in [-0.4, -0.2) is 63.3 Å². The molecule has 4 heteroatoms. The number of nitrogens with zero attached hydrogens (tertiary/aromatic N) is 2. The molecule has 0 fully saturated rings. The zero-order chi connectivity index (χ0) is 28.2. The normalized spacial score (nSPS) is 11.8. The molecule has 0 saturated carbocycles. The van der Waals surface area contributed by atoms with Crippen LogP contribution >= 0.6 is 0 Å². The highest BCUT2D eigenvalue weighted by atomic mass is 79.9. The first-order valence-corrected chi connectivity index (χ1v) is 18.0. The minimum atomic E-state index is 0. The van der Waals surface area contributed by atoms with Crippen molar-refractivity contribution in [1.29, 1.82) is 0 Å². The molecule has 0 aliphatic heterocycles. The maximum atomic E-state index is 2.46. The van der Waals surface area contributed by atoms with Crippen molar-refractivity contribution in [2.24, 2.45) is 0 Å². The number of likely N-dealkylation sites (N-methyl/N-ethyl adjacent to an activating group) is 2. The van der Waals surface area contributed by atoms with Crippen molar-refractivity contribution in [3.05, 3.63) is 0 Å². The van der Waals surface area contributed by atoms with E-state index in [9.17, 15) is 0 Å². The molecular weight excluding hydrogens is 620 g/mol. The van der Waals surface area contributed by atoms with Crippen LogP contribution in [0, 0.1) is 0 Å². The van der Waals surface area contributed by atoms with Crippen molar-refractivity contribution < 1.29 is 42.9 Å². The quantitative estimate of drug-likeness (QED) is 0.0679. The van der Waals surface area contributed by atoms with Gasteiger partial charge in [0.2, 0.25) is 0 Å². The maximum absolute atomic E-state index is 2.46. The molecule has 0 spiro atoms. The molecule has 246 valence electrons. The fraction of sp³-hybridized carbons (Fsp3) is 1.00. The molecule has 0 N–H and O–H groups in total. The van der Waals surface area contributed by atoms with Gasteiger partial charge in [0.05, 0.1) is 41.3 Å². The minimum absolute atomic E-state index is 0. The number of unbranched alkanes of at least 4 members (excludes halogenated alkanes) is 24. The first kappa shape index (κ1) is 45.3. The average Bonchev–Trinajstić information content (AvgIpc) is 2.88. The van der Waals surface area contributed by atoms with E-state index in [0.29, 0.717) is 0 Å². The van der Waals surface area contributed by atoms with Gasteiger partial charge in [-0.1, -0.05) is 155 Å². The van der Waals surface area contributed by atoms with Gasteiger partial charge in [-0.05, 0) is 25.7 Å². The van der Waals surface area contributed by atoms with Gasteiger partial charge in [0.25, 0.3) is 0 Å². The van der Waals surface area contributed by atoms with Gasteiger partial charge in [0, 0.05) is 0 Å². The Morgan fingerprint density at radius 3 is 0.625 bits per heavy atom. The highest BCUT2D eigenvalue weighted by Gasteiger charge is 2.22. The van der Waals surface area contributed by atoms with Gasteiger partial charge >= 0.3 is 0 Å². The largest absolute Gasteiger partial charge is 1.00 e. The summed E-state index contributed by atoms with van der Waals surface area (Å²) < 4.78 is 2.41. The minimum Gasteiger partial charge on any atom is -1.00 e. The lowest BCUT2D eigenvalue weighted by atomic mass is 10.0. The van der Waals surface area contributed by atoms with Crippen LogP contribution in [0.1, 0.15) is 181 Å². The van der Waals surface area contributed by atoms with Crippen molar-refractivity contribution in [3.8, 4) is 0 Å². The topological polar surface area (TPSA) is 0 Å². The summed E-state index contributed by atoms with van der Waals surface area (Å²) in [4.78, 5) is 0.